The molecule has 0 unspecified atom stereocenters. The van der Waals surface area contributed by atoms with E-state index in [0.29, 0.717) is 24.7 Å². The van der Waals surface area contributed by atoms with Crippen LogP contribution in [0.5, 0.6) is 0 Å². The second-order valence-electron chi connectivity index (χ2n) is 4.47. The van der Waals surface area contributed by atoms with E-state index in [2.05, 4.69) is 24.6 Å². The van der Waals surface area contributed by atoms with Crippen LogP contribution < -0.4 is 4.90 Å². The molecule has 0 bridgehead atoms. The van der Waals surface area contributed by atoms with Gasteiger partial charge in [0.15, 0.2) is 11.3 Å². The summed E-state index contributed by atoms with van der Waals surface area (Å²) in [6.07, 6.45) is 0. The monoisotopic (exact) mass is 308 g/mol. The lowest BCUT2D eigenvalue weighted by molar-refractivity contribution is 0.0594. The van der Waals surface area contributed by atoms with E-state index < -0.39 is 5.97 Å². The quantitative estimate of drug-likeness (QED) is 0.611. The zero-order valence-electron chi connectivity index (χ0n) is 11.4. The first-order valence-electron chi connectivity index (χ1n) is 6.44. The molecule has 1 saturated heterocycles. The first kappa shape index (κ1) is 14.0. The van der Waals surface area contributed by atoms with Gasteiger partial charge in [0, 0.05) is 13.1 Å². The Labute approximate surface area is 125 Å². The Morgan fingerprint density at radius 1 is 1.29 bits per heavy atom. The number of carbonyl (C=O) groups is 1. The summed E-state index contributed by atoms with van der Waals surface area (Å²) in [6.45, 7) is 2.72. The molecule has 0 atom stereocenters. The van der Waals surface area contributed by atoms with Gasteiger partial charge in [-0.15, -0.1) is 0 Å². The number of hydrogen-bond donors (Lipinski definition) is 0. The smallest absolute Gasteiger partial charge is 0.356 e. The van der Waals surface area contributed by atoms with E-state index in [0.717, 1.165) is 18.5 Å². The van der Waals surface area contributed by atoms with Crippen molar-refractivity contribution in [2.45, 2.75) is 0 Å². The maximum absolute atomic E-state index is 11.5. The molecule has 0 spiro atoms. The molecule has 1 aliphatic heterocycles. The summed E-state index contributed by atoms with van der Waals surface area (Å²) in [7, 11) is 1.31. The van der Waals surface area contributed by atoms with Gasteiger partial charge < -0.3 is 14.4 Å². The lowest BCUT2D eigenvalue weighted by Gasteiger charge is -2.28. The highest BCUT2D eigenvalue weighted by molar-refractivity contribution is 6.28. The summed E-state index contributed by atoms with van der Waals surface area (Å²) in [5.74, 6) is 0.191. The number of fused-ring (bicyclic) bond motifs is 1. The van der Waals surface area contributed by atoms with Crippen molar-refractivity contribution in [3.05, 3.63) is 23.1 Å². The fraction of sp³-hybridized carbons (Fsp3) is 0.385. The first-order valence-corrected chi connectivity index (χ1v) is 6.82. The molecule has 2 aromatic rings. The zero-order valence-corrected chi connectivity index (χ0v) is 12.1. The number of halogens is 1. The van der Waals surface area contributed by atoms with E-state index in [1.54, 1.807) is 12.1 Å². The Balaban J connectivity index is 2.10. The zero-order chi connectivity index (χ0) is 14.8. The van der Waals surface area contributed by atoms with Gasteiger partial charge in [-0.1, -0.05) is 0 Å². The predicted molar refractivity (Wildman–Crippen MR) is 76.7 cm³/mol. The Kier molecular flexibility index (Phi) is 3.85. The van der Waals surface area contributed by atoms with Crippen molar-refractivity contribution >= 4 is 34.4 Å². The third kappa shape index (κ3) is 2.74. The fourth-order valence-corrected chi connectivity index (χ4v) is 2.36. The number of pyridine rings is 1. The van der Waals surface area contributed by atoms with Crippen LogP contribution >= 0.6 is 11.6 Å². The van der Waals surface area contributed by atoms with Gasteiger partial charge in [-0.2, -0.15) is 9.97 Å². The van der Waals surface area contributed by atoms with Crippen LogP contribution in [0.25, 0.3) is 11.0 Å². The number of methoxy groups -OCH3 is 1. The van der Waals surface area contributed by atoms with Gasteiger partial charge in [-0.3, -0.25) is 0 Å². The van der Waals surface area contributed by atoms with Gasteiger partial charge in [-0.05, 0) is 23.7 Å². The summed E-state index contributed by atoms with van der Waals surface area (Å²) in [5.41, 5.74) is 0.562. The largest absolute Gasteiger partial charge is 0.464 e. The van der Waals surface area contributed by atoms with Crippen molar-refractivity contribution in [1.29, 1.82) is 0 Å². The minimum absolute atomic E-state index is 0.0958. The van der Waals surface area contributed by atoms with E-state index in [1.165, 1.54) is 7.11 Å². The first-order chi connectivity index (χ1) is 10.2. The van der Waals surface area contributed by atoms with Gasteiger partial charge >= 0.3 is 5.97 Å². The molecule has 1 fully saturated rings. The number of hydrogen-bond acceptors (Lipinski definition) is 7. The number of ether oxygens (including phenoxy) is 2. The Morgan fingerprint density at radius 3 is 2.76 bits per heavy atom. The average molecular weight is 309 g/mol. The van der Waals surface area contributed by atoms with Gasteiger partial charge in [0.1, 0.15) is 5.82 Å². The average Bonchev–Trinajstić information content (AvgIpc) is 2.53. The molecular formula is C13H13ClN4O3. The van der Waals surface area contributed by atoms with Crippen LogP contribution in [0, 0.1) is 0 Å². The van der Waals surface area contributed by atoms with Crippen molar-refractivity contribution in [2.24, 2.45) is 0 Å². The molecule has 3 rings (SSSR count). The second kappa shape index (κ2) is 5.79. The lowest BCUT2D eigenvalue weighted by atomic mass is 10.2. The highest BCUT2D eigenvalue weighted by Gasteiger charge is 2.19. The number of aromatic nitrogens is 3. The van der Waals surface area contributed by atoms with Crippen LogP contribution in [0.4, 0.5) is 5.82 Å². The second-order valence-corrected chi connectivity index (χ2v) is 4.81. The van der Waals surface area contributed by atoms with Gasteiger partial charge in [0.25, 0.3) is 0 Å². The molecule has 2 aromatic heterocycles. The molecule has 0 saturated carbocycles. The molecule has 0 aromatic carbocycles. The number of morpholine rings is 1. The summed E-state index contributed by atoms with van der Waals surface area (Å²) >= 11 is 5.97. The molecule has 0 aliphatic carbocycles. The molecule has 110 valence electrons. The third-order valence-electron chi connectivity index (χ3n) is 3.22. The number of carbonyl (C=O) groups excluding carboxylic acids is 1. The molecule has 3 heterocycles. The maximum atomic E-state index is 11.5. The van der Waals surface area contributed by atoms with Crippen LogP contribution in [-0.2, 0) is 9.47 Å². The fourth-order valence-electron chi connectivity index (χ4n) is 2.20. The Morgan fingerprint density at radius 2 is 2.05 bits per heavy atom. The van der Waals surface area contributed by atoms with Gasteiger partial charge in [0.2, 0.25) is 5.28 Å². The van der Waals surface area contributed by atoms with Crippen molar-refractivity contribution in [2.75, 3.05) is 38.3 Å². The van der Waals surface area contributed by atoms with Crippen LogP contribution in [-0.4, -0.2) is 54.3 Å². The summed E-state index contributed by atoms with van der Waals surface area (Å²) in [5, 5.41) is 0.840. The molecular weight excluding hydrogens is 296 g/mol. The molecule has 1 aliphatic rings. The van der Waals surface area contributed by atoms with E-state index in [-0.39, 0.29) is 11.0 Å². The van der Waals surface area contributed by atoms with Crippen LogP contribution in [0.2, 0.25) is 5.28 Å². The SMILES string of the molecule is COC(=O)c1ccc2c(N3CCOCC3)nc(Cl)nc2n1. The third-order valence-corrected chi connectivity index (χ3v) is 3.39. The number of rotatable bonds is 2. The minimum atomic E-state index is -0.514. The van der Waals surface area contributed by atoms with Gasteiger partial charge in [0.05, 0.1) is 25.7 Å². The highest BCUT2D eigenvalue weighted by Crippen LogP contribution is 2.25. The van der Waals surface area contributed by atoms with E-state index >= 15 is 0 Å². The predicted octanol–water partition coefficient (Wildman–Crippen LogP) is 1.30. The molecule has 0 radical (unpaired) electrons. The van der Waals surface area contributed by atoms with E-state index in [1.807, 2.05) is 0 Å². The van der Waals surface area contributed by atoms with E-state index in [9.17, 15) is 4.79 Å². The van der Waals surface area contributed by atoms with Gasteiger partial charge in [-0.25, -0.2) is 9.78 Å². The van der Waals surface area contributed by atoms with E-state index in [4.69, 9.17) is 16.3 Å². The van der Waals surface area contributed by atoms with Crippen molar-refractivity contribution in [1.82, 2.24) is 15.0 Å². The Bertz CT molecular complexity index is 688. The molecule has 0 N–H and O–H groups in total. The summed E-state index contributed by atoms with van der Waals surface area (Å²) in [4.78, 5) is 26.2. The number of nitrogens with zero attached hydrogens (tertiary/aromatic N) is 4. The van der Waals surface area contributed by atoms with Crippen LogP contribution in [0.15, 0.2) is 12.1 Å². The lowest BCUT2D eigenvalue weighted by Crippen LogP contribution is -2.37. The Hall–Kier alpha value is -1.99. The normalized spacial score (nSPS) is 15.2. The highest BCUT2D eigenvalue weighted by atomic mass is 35.5. The minimum Gasteiger partial charge on any atom is -0.464 e. The topological polar surface area (TPSA) is 77.4 Å². The summed E-state index contributed by atoms with van der Waals surface area (Å²) < 4.78 is 9.99. The van der Waals surface area contributed by atoms with Crippen molar-refractivity contribution in [3.63, 3.8) is 0 Å². The molecule has 8 heteroatoms. The van der Waals surface area contributed by atoms with Crippen LogP contribution in [0.1, 0.15) is 10.5 Å². The molecule has 21 heavy (non-hydrogen) atoms. The standard InChI is InChI=1S/C13H13ClN4O3/c1-20-12(19)9-3-2-8-10(15-9)16-13(14)17-11(8)18-4-6-21-7-5-18/h2-3H,4-7H2,1H3. The number of anilines is 1. The maximum Gasteiger partial charge on any atom is 0.356 e. The van der Waals surface area contributed by atoms with Crippen LogP contribution in [0.3, 0.4) is 0 Å². The summed E-state index contributed by atoms with van der Waals surface area (Å²) in [6, 6.07) is 3.35. The molecule has 0 amide bonds. The van der Waals surface area contributed by atoms with Crippen molar-refractivity contribution < 1.29 is 14.3 Å². The number of esters is 1. The van der Waals surface area contributed by atoms with Crippen molar-refractivity contribution in [3.8, 4) is 0 Å². The molecule has 7 nitrogen and oxygen atoms in total.